The number of aryl methyl sites for hydroxylation is 1. The molecule has 2 heterocycles. The summed E-state index contributed by atoms with van der Waals surface area (Å²) in [6.45, 7) is 5.60. The van der Waals surface area contributed by atoms with Crippen LogP contribution in [0.5, 0.6) is 0 Å². The number of unbranched alkanes of at least 4 members (excludes halogenated alkanes) is 1. The fourth-order valence-electron chi connectivity index (χ4n) is 5.02. The maximum absolute atomic E-state index is 12.8. The van der Waals surface area contributed by atoms with Crippen molar-refractivity contribution >= 4 is 56.6 Å². The largest absolute Gasteiger partial charge is 0.368 e. The normalized spacial score (nSPS) is 14.7. The smallest absolute Gasteiger partial charge is 0.251 e. The van der Waals surface area contributed by atoms with Gasteiger partial charge >= 0.3 is 0 Å². The first-order chi connectivity index (χ1) is 17.0. The molecule has 35 heavy (non-hydrogen) atoms. The van der Waals surface area contributed by atoms with Crippen molar-refractivity contribution in [1.29, 1.82) is 0 Å². The number of anilines is 1. The average Bonchev–Trinajstić information content (AvgIpc) is 3.17. The van der Waals surface area contributed by atoms with E-state index in [2.05, 4.69) is 38.9 Å². The van der Waals surface area contributed by atoms with E-state index < -0.39 is 0 Å². The molecule has 5 nitrogen and oxygen atoms in total. The number of benzene rings is 3. The quantitative estimate of drug-likeness (QED) is 0.312. The molecule has 1 amide bonds. The van der Waals surface area contributed by atoms with Gasteiger partial charge in [-0.25, -0.2) is 0 Å². The topological polar surface area (TPSA) is 40.5 Å². The van der Waals surface area contributed by atoms with Gasteiger partial charge in [0.05, 0.1) is 15.7 Å². The van der Waals surface area contributed by atoms with Gasteiger partial charge in [0.1, 0.15) is 0 Å². The van der Waals surface area contributed by atoms with Crippen molar-refractivity contribution < 1.29 is 4.79 Å². The zero-order valence-corrected chi connectivity index (χ0v) is 21.4. The third-order valence-corrected chi connectivity index (χ3v) is 7.82. The lowest BCUT2D eigenvalue weighted by Crippen LogP contribution is -2.46. The second-order valence-electron chi connectivity index (χ2n) is 9.17. The number of hydrogen-bond acceptors (Lipinski definition) is 3. The van der Waals surface area contributed by atoms with Gasteiger partial charge in [0, 0.05) is 67.1 Å². The maximum Gasteiger partial charge on any atom is 0.251 e. The molecule has 0 bridgehead atoms. The SMILES string of the molecule is Cn1c2ccccc2c2cc(C(=O)NCCCCN3CCN(c4cccc(Cl)c4Cl)CC3)ccc21. The number of carbonyl (C=O) groups excluding carboxylic acids is 1. The van der Waals surface area contributed by atoms with E-state index >= 15 is 0 Å². The summed E-state index contributed by atoms with van der Waals surface area (Å²) in [7, 11) is 2.07. The van der Waals surface area contributed by atoms with Crippen molar-refractivity contribution in [2.24, 2.45) is 7.05 Å². The number of fused-ring (bicyclic) bond motifs is 3. The molecule has 3 aromatic carbocycles. The molecule has 1 aliphatic heterocycles. The number of nitrogens with zero attached hydrogens (tertiary/aromatic N) is 3. The molecule has 0 unspecified atom stereocenters. The van der Waals surface area contributed by atoms with Crippen molar-refractivity contribution in [3.8, 4) is 0 Å². The molecule has 182 valence electrons. The fourth-order valence-corrected chi connectivity index (χ4v) is 5.44. The third kappa shape index (κ3) is 4.99. The van der Waals surface area contributed by atoms with Gasteiger partial charge in [0.25, 0.3) is 5.91 Å². The fraction of sp³-hybridized carbons (Fsp3) is 0.321. The summed E-state index contributed by atoms with van der Waals surface area (Å²) in [4.78, 5) is 17.5. The highest BCUT2D eigenvalue weighted by atomic mass is 35.5. The number of amides is 1. The van der Waals surface area contributed by atoms with Gasteiger partial charge in [-0.15, -0.1) is 0 Å². The Morgan fingerprint density at radius 3 is 2.49 bits per heavy atom. The molecule has 1 fully saturated rings. The lowest BCUT2D eigenvalue weighted by Gasteiger charge is -2.36. The first kappa shape index (κ1) is 24.0. The second-order valence-corrected chi connectivity index (χ2v) is 9.96. The lowest BCUT2D eigenvalue weighted by atomic mass is 10.1. The number of hydrogen-bond donors (Lipinski definition) is 1. The Morgan fingerprint density at radius 1 is 0.886 bits per heavy atom. The predicted molar refractivity (Wildman–Crippen MR) is 147 cm³/mol. The van der Waals surface area contributed by atoms with Gasteiger partial charge in [-0.3, -0.25) is 9.69 Å². The summed E-state index contributed by atoms with van der Waals surface area (Å²) in [5, 5.41) is 6.63. The van der Waals surface area contributed by atoms with E-state index in [0.29, 0.717) is 22.2 Å². The summed E-state index contributed by atoms with van der Waals surface area (Å²) in [6.07, 6.45) is 2.02. The number of nitrogens with one attached hydrogen (secondary N) is 1. The molecule has 0 atom stereocenters. The molecule has 7 heteroatoms. The minimum absolute atomic E-state index is 0.00755. The summed E-state index contributed by atoms with van der Waals surface area (Å²) in [6, 6.07) is 20.1. The van der Waals surface area contributed by atoms with E-state index in [-0.39, 0.29) is 5.91 Å². The number of carbonyl (C=O) groups is 1. The number of rotatable bonds is 7. The first-order valence-electron chi connectivity index (χ1n) is 12.2. The zero-order chi connectivity index (χ0) is 24.4. The molecule has 1 N–H and O–H groups in total. The Morgan fingerprint density at radius 2 is 1.66 bits per heavy atom. The highest BCUT2D eigenvalue weighted by molar-refractivity contribution is 6.43. The minimum Gasteiger partial charge on any atom is -0.368 e. The van der Waals surface area contributed by atoms with E-state index in [9.17, 15) is 4.79 Å². The minimum atomic E-state index is -0.00755. The van der Waals surface area contributed by atoms with Crippen LogP contribution in [0, 0.1) is 0 Å². The molecule has 0 spiro atoms. The number of para-hydroxylation sites is 1. The van der Waals surface area contributed by atoms with E-state index in [1.165, 1.54) is 10.9 Å². The van der Waals surface area contributed by atoms with Crippen LogP contribution in [0.25, 0.3) is 21.8 Å². The average molecular weight is 509 g/mol. The van der Waals surface area contributed by atoms with E-state index in [1.807, 2.05) is 48.5 Å². The molecule has 0 radical (unpaired) electrons. The molecule has 4 aromatic rings. The van der Waals surface area contributed by atoms with Gasteiger partial charge in [-0.05, 0) is 55.8 Å². The van der Waals surface area contributed by atoms with E-state index in [1.54, 1.807) is 0 Å². The van der Waals surface area contributed by atoms with Crippen LogP contribution in [0.4, 0.5) is 5.69 Å². The van der Waals surface area contributed by atoms with Gasteiger partial charge in [-0.1, -0.05) is 47.5 Å². The van der Waals surface area contributed by atoms with Crippen molar-refractivity contribution in [1.82, 2.24) is 14.8 Å². The van der Waals surface area contributed by atoms with Crippen LogP contribution in [0.15, 0.2) is 60.7 Å². The van der Waals surface area contributed by atoms with Crippen LogP contribution in [-0.4, -0.2) is 54.6 Å². The van der Waals surface area contributed by atoms with Crippen LogP contribution < -0.4 is 10.2 Å². The summed E-state index contributed by atoms with van der Waals surface area (Å²) in [5.41, 5.74) is 4.05. The Bertz CT molecular complexity index is 1360. The number of piperazine rings is 1. The molecule has 1 aromatic heterocycles. The summed E-state index contributed by atoms with van der Waals surface area (Å²) in [5.74, 6) is -0.00755. The van der Waals surface area contributed by atoms with Crippen LogP contribution in [-0.2, 0) is 7.05 Å². The van der Waals surface area contributed by atoms with E-state index in [4.69, 9.17) is 23.2 Å². The molecule has 1 aliphatic rings. The molecule has 1 saturated heterocycles. The predicted octanol–water partition coefficient (Wildman–Crippen LogP) is 5.97. The maximum atomic E-state index is 12.8. The zero-order valence-electron chi connectivity index (χ0n) is 19.9. The standard InChI is InChI=1S/C28H30Cl2N4O/c1-32-24-9-3-2-7-21(24)22-19-20(11-12-25(22)32)28(35)31-13-4-5-14-33-15-17-34(18-16-33)26-10-6-8-23(29)27(26)30/h2-3,6-12,19H,4-5,13-18H2,1H3,(H,31,35). The van der Waals surface area contributed by atoms with Gasteiger partial charge < -0.3 is 14.8 Å². The van der Waals surface area contributed by atoms with E-state index in [0.717, 1.165) is 62.2 Å². The molecule has 0 aliphatic carbocycles. The highest BCUT2D eigenvalue weighted by Crippen LogP contribution is 2.33. The summed E-state index contributed by atoms with van der Waals surface area (Å²) < 4.78 is 2.18. The molecular formula is C28H30Cl2N4O. The monoisotopic (exact) mass is 508 g/mol. The lowest BCUT2D eigenvalue weighted by molar-refractivity contribution is 0.0952. The molecule has 0 saturated carbocycles. The van der Waals surface area contributed by atoms with Crippen molar-refractivity contribution in [2.45, 2.75) is 12.8 Å². The van der Waals surface area contributed by atoms with Crippen molar-refractivity contribution in [3.05, 3.63) is 76.3 Å². The van der Waals surface area contributed by atoms with Crippen molar-refractivity contribution in [2.75, 3.05) is 44.2 Å². The third-order valence-electron chi connectivity index (χ3n) is 7.01. The first-order valence-corrected chi connectivity index (χ1v) is 13.0. The number of halogens is 2. The van der Waals surface area contributed by atoms with Gasteiger partial charge in [-0.2, -0.15) is 0 Å². The Labute approximate surface area is 216 Å². The van der Waals surface area contributed by atoms with Gasteiger partial charge in [0.2, 0.25) is 0 Å². The number of aromatic nitrogens is 1. The van der Waals surface area contributed by atoms with Crippen LogP contribution >= 0.6 is 23.2 Å². The molecular weight excluding hydrogens is 479 g/mol. The van der Waals surface area contributed by atoms with Crippen LogP contribution in [0.3, 0.4) is 0 Å². The highest BCUT2D eigenvalue weighted by Gasteiger charge is 2.19. The second kappa shape index (κ2) is 10.5. The Kier molecular flexibility index (Phi) is 7.19. The van der Waals surface area contributed by atoms with Crippen LogP contribution in [0.2, 0.25) is 10.0 Å². The van der Waals surface area contributed by atoms with Crippen molar-refractivity contribution in [3.63, 3.8) is 0 Å². The summed E-state index contributed by atoms with van der Waals surface area (Å²) >= 11 is 12.6. The Hall–Kier alpha value is -2.73. The molecule has 5 rings (SSSR count). The Balaban J connectivity index is 1.08. The van der Waals surface area contributed by atoms with Gasteiger partial charge in [0.15, 0.2) is 0 Å². The van der Waals surface area contributed by atoms with Crippen LogP contribution in [0.1, 0.15) is 23.2 Å².